The Morgan fingerprint density at radius 1 is 1.19 bits per heavy atom. The molecule has 1 aromatic carbocycles. The van der Waals surface area contributed by atoms with Gasteiger partial charge in [-0.15, -0.1) is 0 Å². The van der Waals surface area contributed by atoms with Gasteiger partial charge in [-0.3, -0.25) is 14.4 Å². The lowest BCUT2D eigenvalue weighted by Gasteiger charge is -2.33. The predicted molar refractivity (Wildman–Crippen MR) is 92.8 cm³/mol. The third kappa shape index (κ3) is 3.86. The van der Waals surface area contributed by atoms with Crippen LogP contribution in [0.2, 0.25) is 0 Å². The molecule has 0 unspecified atom stereocenters. The summed E-state index contributed by atoms with van der Waals surface area (Å²) in [5.41, 5.74) is 0.592. The number of nitrogens with zero attached hydrogens (tertiary/aromatic N) is 2. The number of amides is 2. The van der Waals surface area contributed by atoms with E-state index in [1.54, 1.807) is 11.8 Å². The second-order valence-corrected chi connectivity index (χ2v) is 6.76. The fourth-order valence-electron chi connectivity index (χ4n) is 3.63. The molecule has 6 nitrogen and oxygen atoms in total. The largest absolute Gasteiger partial charge is 0.466 e. The van der Waals surface area contributed by atoms with Gasteiger partial charge >= 0.3 is 5.97 Å². The minimum absolute atomic E-state index is 0.100. The Labute approximate surface area is 151 Å². The number of halogens is 1. The van der Waals surface area contributed by atoms with E-state index in [2.05, 4.69) is 0 Å². The number of anilines is 1. The van der Waals surface area contributed by atoms with Crippen molar-refractivity contribution in [3.8, 4) is 0 Å². The minimum Gasteiger partial charge on any atom is -0.466 e. The monoisotopic (exact) mass is 362 g/mol. The van der Waals surface area contributed by atoms with E-state index in [0.29, 0.717) is 31.8 Å². The number of esters is 1. The first-order valence-electron chi connectivity index (χ1n) is 9.01. The van der Waals surface area contributed by atoms with Gasteiger partial charge in [0.05, 0.1) is 18.4 Å². The summed E-state index contributed by atoms with van der Waals surface area (Å²) in [6, 6.07) is 5.67. The lowest BCUT2D eigenvalue weighted by atomic mass is 9.96. The molecule has 2 heterocycles. The maximum Gasteiger partial charge on any atom is 0.310 e. The van der Waals surface area contributed by atoms with Crippen molar-refractivity contribution in [2.24, 2.45) is 11.8 Å². The number of carbonyl (C=O) groups excluding carboxylic acids is 3. The van der Waals surface area contributed by atoms with Gasteiger partial charge in [-0.1, -0.05) is 0 Å². The molecule has 2 amide bonds. The van der Waals surface area contributed by atoms with Crippen molar-refractivity contribution in [2.75, 3.05) is 31.1 Å². The molecule has 0 radical (unpaired) electrons. The molecule has 0 bridgehead atoms. The van der Waals surface area contributed by atoms with Crippen molar-refractivity contribution in [1.29, 1.82) is 0 Å². The number of piperidine rings is 1. The van der Waals surface area contributed by atoms with E-state index in [1.807, 2.05) is 0 Å². The van der Waals surface area contributed by atoms with E-state index in [4.69, 9.17) is 4.74 Å². The van der Waals surface area contributed by atoms with E-state index in [0.717, 1.165) is 6.42 Å². The molecular formula is C19H23FN2O4. The van der Waals surface area contributed by atoms with Crippen LogP contribution in [0.1, 0.15) is 26.2 Å². The van der Waals surface area contributed by atoms with Crippen LogP contribution in [-0.2, 0) is 19.1 Å². The normalized spacial score (nSPS) is 23.2. The molecule has 0 spiro atoms. The second kappa shape index (κ2) is 7.85. The summed E-state index contributed by atoms with van der Waals surface area (Å²) >= 11 is 0. The van der Waals surface area contributed by atoms with Crippen LogP contribution < -0.4 is 4.90 Å². The number of benzene rings is 1. The first-order valence-corrected chi connectivity index (χ1v) is 9.01. The van der Waals surface area contributed by atoms with Crippen molar-refractivity contribution < 1.29 is 23.5 Å². The molecule has 2 fully saturated rings. The van der Waals surface area contributed by atoms with Gasteiger partial charge in [0.2, 0.25) is 11.8 Å². The molecule has 2 atom stereocenters. The highest BCUT2D eigenvalue weighted by Crippen LogP contribution is 2.28. The smallest absolute Gasteiger partial charge is 0.310 e. The standard InChI is InChI=1S/C19H23FN2O4/c1-2-26-19(25)13-4-3-9-21(11-13)18(24)14-10-17(23)22(12-14)16-7-5-15(20)6-8-16/h5-8,13-14H,2-4,9-12H2,1H3/t13-,14-/m0/s1. The van der Waals surface area contributed by atoms with Crippen LogP contribution in [-0.4, -0.2) is 48.9 Å². The van der Waals surface area contributed by atoms with Gasteiger partial charge in [-0.05, 0) is 44.0 Å². The third-order valence-electron chi connectivity index (χ3n) is 4.97. The van der Waals surface area contributed by atoms with Gasteiger partial charge < -0.3 is 14.5 Å². The van der Waals surface area contributed by atoms with E-state index in [-0.39, 0.29) is 42.5 Å². The summed E-state index contributed by atoms with van der Waals surface area (Å²) in [4.78, 5) is 40.3. The summed E-state index contributed by atoms with van der Waals surface area (Å²) in [6.45, 7) is 3.31. The molecule has 0 saturated carbocycles. The van der Waals surface area contributed by atoms with E-state index >= 15 is 0 Å². The quantitative estimate of drug-likeness (QED) is 0.768. The maximum atomic E-state index is 13.1. The number of hydrogen-bond acceptors (Lipinski definition) is 4. The first-order chi connectivity index (χ1) is 12.5. The van der Waals surface area contributed by atoms with Crippen LogP contribution in [0.4, 0.5) is 10.1 Å². The SMILES string of the molecule is CCOC(=O)[C@H]1CCCN(C(=O)[C@H]2CC(=O)N(c3ccc(F)cc3)C2)C1. The maximum absolute atomic E-state index is 13.1. The number of hydrogen-bond donors (Lipinski definition) is 0. The lowest BCUT2D eigenvalue weighted by Crippen LogP contribution is -2.45. The Hall–Kier alpha value is -2.44. The van der Waals surface area contributed by atoms with Crippen LogP contribution in [0.25, 0.3) is 0 Å². The van der Waals surface area contributed by atoms with Crippen LogP contribution in [0.3, 0.4) is 0 Å². The first kappa shape index (κ1) is 18.4. The number of rotatable bonds is 4. The average Bonchev–Trinajstić information content (AvgIpc) is 3.04. The Kier molecular flexibility index (Phi) is 5.54. The van der Waals surface area contributed by atoms with Crippen LogP contribution in [0.5, 0.6) is 0 Å². The van der Waals surface area contributed by atoms with Gasteiger partial charge in [-0.2, -0.15) is 0 Å². The molecule has 7 heteroatoms. The van der Waals surface area contributed by atoms with Gasteiger partial charge in [0.25, 0.3) is 0 Å². The summed E-state index contributed by atoms with van der Waals surface area (Å²) in [6.07, 6.45) is 1.60. The molecule has 2 aliphatic rings. The average molecular weight is 362 g/mol. The summed E-state index contributed by atoms with van der Waals surface area (Å²) < 4.78 is 18.1. The fraction of sp³-hybridized carbons (Fsp3) is 0.526. The van der Waals surface area contributed by atoms with E-state index in [9.17, 15) is 18.8 Å². The Balaban J connectivity index is 1.64. The summed E-state index contributed by atoms with van der Waals surface area (Å²) in [5.74, 6) is -1.61. The molecule has 140 valence electrons. The van der Waals surface area contributed by atoms with E-state index < -0.39 is 5.92 Å². The Morgan fingerprint density at radius 3 is 2.62 bits per heavy atom. The Bertz CT molecular complexity index is 691. The molecule has 3 rings (SSSR count). The molecule has 2 saturated heterocycles. The van der Waals surface area contributed by atoms with Crippen LogP contribution >= 0.6 is 0 Å². The fourth-order valence-corrected chi connectivity index (χ4v) is 3.63. The topological polar surface area (TPSA) is 66.9 Å². The zero-order valence-electron chi connectivity index (χ0n) is 14.8. The van der Waals surface area contributed by atoms with Crippen LogP contribution in [0.15, 0.2) is 24.3 Å². The van der Waals surface area contributed by atoms with Crippen molar-refractivity contribution in [2.45, 2.75) is 26.2 Å². The zero-order valence-corrected chi connectivity index (χ0v) is 14.8. The zero-order chi connectivity index (χ0) is 18.7. The molecule has 2 aliphatic heterocycles. The highest BCUT2D eigenvalue weighted by Gasteiger charge is 2.39. The van der Waals surface area contributed by atoms with E-state index in [1.165, 1.54) is 29.2 Å². The van der Waals surface area contributed by atoms with Gasteiger partial charge in [0, 0.05) is 31.7 Å². The molecular weight excluding hydrogens is 339 g/mol. The summed E-state index contributed by atoms with van der Waals surface area (Å²) in [5, 5.41) is 0. The second-order valence-electron chi connectivity index (χ2n) is 6.76. The summed E-state index contributed by atoms with van der Waals surface area (Å²) in [7, 11) is 0. The number of likely N-dealkylation sites (tertiary alicyclic amines) is 1. The third-order valence-corrected chi connectivity index (χ3v) is 4.97. The minimum atomic E-state index is -0.437. The highest BCUT2D eigenvalue weighted by atomic mass is 19.1. The van der Waals surface area contributed by atoms with Crippen molar-refractivity contribution in [3.63, 3.8) is 0 Å². The van der Waals surface area contributed by atoms with Crippen molar-refractivity contribution in [3.05, 3.63) is 30.1 Å². The molecule has 0 N–H and O–H groups in total. The number of ether oxygens (including phenoxy) is 1. The van der Waals surface area contributed by atoms with Crippen molar-refractivity contribution >= 4 is 23.5 Å². The molecule has 0 aliphatic carbocycles. The molecule has 26 heavy (non-hydrogen) atoms. The van der Waals surface area contributed by atoms with Gasteiger partial charge in [-0.25, -0.2) is 4.39 Å². The van der Waals surface area contributed by atoms with Crippen molar-refractivity contribution in [1.82, 2.24) is 4.90 Å². The molecule has 0 aromatic heterocycles. The Morgan fingerprint density at radius 2 is 1.92 bits per heavy atom. The predicted octanol–water partition coefficient (Wildman–Crippen LogP) is 1.98. The number of carbonyl (C=O) groups is 3. The lowest BCUT2D eigenvalue weighted by molar-refractivity contribution is -0.152. The highest BCUT2D eigenvalue weighted by molar-refractivity contribution is 6.00. The molecule has 1 aromatic rings. The van der Waals surface area contributed by atoms with Gasteiger partial charge in [0.1, 0.15) is 5.82 Å². The van der Waals surface area contributed by atoms with Crippen LogP contribution in [0, 0.1) is 17.7 Å². The van der Waals surface area contributed by atoms with Gasteiger partial charge in [0.15, 0.2) is 0 Å².